The summed E-state index contributed by atoms with van der Waals surface area (Å²) in [7, 11) is -2.54. The van der Waals surface area contributed by atoms with E-state index in [-0.39, 0.29) is 30.2 Å². The molecule has 3 amide bonds. The van der Waals surface area contributed by atoms with Crippen molar-refractivity contribution < 1.29 is 31.3 Å². The van der Waals surface area contributed by atoms with Crippen LogP contribution in [0.4, 0.5) is 14.9 Å². The Bertz CT molecular complexity index is 1460. The van der Waals surface area contributed by atoms with E-state index in [9.17, 15) is 18.0 Å². The lowest BCUT2D eigenvalue weighted by Crippen LogP contribution is -2.59. The van der Waals surface area contributed by atoms with Gasteiger partial charge in [0.1, 0.15) is 11.6 Å². The summed E-state index contributed by atoms with van der Waals surface area (Å²) in [6.45, 7) is 3.20. The van der Waals surface area contributed by atoms with E-state index in [4.69, 9.17) is 8.92 Å². The first-order valence-electron chi connectivity index (χ1n) is 12.2. The standard InChI is InChI=1S/C28H28FIN2O6S/c1-18-4-11-23(12-5-18)39(35,36)38-17-19(2)26-15-27(33)31(16-20-6-9-22(37-3)10-7-20)28(34)32(26)25-13-8-21(30)14-24(25)29/h4-14,19,26H,15-17H2,1-3H3/t19-,26?/m0/s1. The Labute approximate surface area is 241 Å². The normalized spacial score (nSPS) is 16.9. The SMILES string of the molecule is COc1ccc(CN2C(=O)CC([C@@H](C)COS(=O)(=O)c3ccc(C)cc3)N(c3ccc(I)cc3F)C2=O)cc1. The van der Waals surface area contributed by atoms with E-state index in [1.54, 1.807) is 49.4 Å². The summed E-state index contributed by atoms with van der Waals surface area (Å²) < 4.78 is 51.8. The molecule has 1 aliphatic heterocycles. The van der Waals surface area contributed by atoms with E-state index in [2.05, 4.69) is 0 Å². The Morgan fingerprint density at radius 3 is 2.33 bits per heavy atom. The molecule has 2 atom stereocenters. The van der Waals surface area contributed by atoms with E-state index in [1.807, 2.05) is 29.5 Å². The highest BCUT2D eigenvalue weighted by Gasteiger charge is 2.43. The monoisotopic (exact) mass is 666 g/mol. The van der Waals surface area contributed by atoms with Crippen LogP contribution in [0.2, 0.25) is 0 Å². The van der Waals surface area contributed by atoms with Gasteiger partial charge in [0.15, 0.2) is 0 Å². The maximum Gasteiger partial charge on any atom is 0.331 e. The molecule has 0 aromatic heterocycles. The van der Waals surface area contributed by atoms with Crippen LogP contribution in [0.1, 0.15) is 24.5 Å². The molecule has 1 unspecified atom stereocenters. The number of amides is 3. The van der Waals surface area contributed by atoms with Gasteiger partial charge in [-0.25, -0.2) is 9.18 Å². The number of imide groups is 1. The van der Waals surface area contributed by atoms with Gasteiger partial charge in [-0.2, -0.15) is 8.42 Å². The molecule has 206 valence electrons. The van der Waals surface area contributed by atoms with Crippen LogP contribution in [0.3, 0.4) is 0 Å². The fraction of sp³-hybridized carbons (Fsp3) is 0.286. The van der Waals surface area contributed by atoms with Crippen LogP contribution in [0, 0.1) is 22.2 Å². The van der Waals surface area contributed by atoms with Crippen LogP contribution < -0.4 is 9.64 Å². The fourth-order valence-electron chi connectivity index (χ4n) is 4.32. The lowest BCUT2D eigenvalue weighted by atomic mass is 9.94. The molecule has 0 saturated carbocycles. The van der Waals surface area contributed by atoms with Crippen molar-refractivity contribution >= 4 is 50.3 Å². The molecule has 39 heavy (non-hydrogen) atoms. The smallest absolute Gasteiger partial charge is 0.331 e. The number of ether oxygens (including phenoxy) is 1. The van der Waals surface area contributed by atoms with E-state index in [0.717, 1.165) is 10.5 Å². The molecule has 11 heteroatoms. The second-order valence-electron chi connectivity index (χ2n) is 9.38. The van der Waals surface area contributed by atoms with E-state index in [0.29, 0.717) is 14.9 Å². The number of carbonyl (C=O) groups excluding carboxylic acids is 2. The number of hydrogen-bond acceptors (Lipinski definition) is 6. The summed E-state index contributed by atoms with van der Waals surface area (Å²) >= 11 is 1.97. The third-order valence-electron chi connectivity index (χ3n) is 6.58. The van der Waals surface area contributed by atoms with Crippen molar-refractivity contribution in [2.24, 2.45) is 5.92 Å². The Morgan fingerprint density at radius 1 is 1.05 bits per heavy atom. The fourth-order valence-corrected chi connectivity index (χ4v) is 5.78. The van der Waals surface area contributed by atoms with Crippen LogP contribution in [-0.4, -0.2) is 45.0 Å². The van der Waals surface area contributed by atoms with E-state index >= 15 is 4.39 Å². The van der Waals surface area contributed by atoms with Crippen molar-refractivity contribution in [3.8, 4) is 5.75 Å². The molecular formula is C28H28FIN2O6S. The molecule has 8 nitrogen and oxygen atoms in total. The highest BCUT2D eigenvalue weighted by molar-refractivity contribution is 14.1. The number of benzene rings is 3. The van der Waals surface area contributed by atoms with Gasteiger partial charge in [-0.1, -0.05) is 36.8 Å². The largest absolute Gasteiger partial charge is 0.497 e. The van der Waals surface area contributed by atoms with Gasteiger partial charge in [-0.3, -0.25) is 18.8 Å². The summed E-state index contributed by atoms with van der Waals surface area (Å²) in [4.78, 5) is 29.3. The van der Waals surface area contributed by atoms with Gasteiger partial charge >= 0.3 is 6.03 Å². The molecule has 0 bridgehead atoms. The second-order valence-corrected chi connectivity index (χ2v) is 12.2. The van der Waals surface area contributed by atoms with Gasteiger partial charge in [0.25, 0.3) is 10.1 Å². The van der Waals surface area contributed by atoms with E-state index < -0.39 is 39.8 Å². The van der Waals surface area contributed by atoms with Gasteiger partial charge in [-0.05, 0) is 77.5 Å². The summed E-state index contributed by atoms with van der Waals surface area (Å²) in [6, 6.07) is 16.1. The number of rotatable bonds is 9. The van der Waals surface area contributed by atoms with Gasteiger partial charge < -0.3 is 4.74 Å². The number of methoxy groups -OCH3 is 1. The number of nitrogens with zero attached hydrogens (tertiary/aromatic N) is 2. The van der Waals surface area contributed by atoms with Gasteiger partial charge in [-0.15, -0.1) is 0 Å². The third kappa shape index (κ3) is 6.59. The minimum atomic E-state index is -4.08. The molecule has 0 radical (unpaired) electrons. The summed E-state index contributed by atoms with van der Waals surface area (Å²) in [6.07, 6.45) is -0.136. The number of anilines is 1. The topological polar surface area (TPSA) is 93.2 Å². The number of halogens is 2. The minimum Gasteiger partial charge on any atom is -0.497 e. The highest BCUT2D eigenvalue weighted by Crippen LogP contribution is 2.33. The lowest BCUT2D eigenvalue weighted by molar-refractivity contribution is -0.130. The molecule has 0 spiro atoms. The van der Waals surface area contributed by atoms with Crippen molar-refractivity contribution in [2.75, 3.05) is 18.6 Å². The molecule has 1 fully saturated rings. The van der Waals surface area contributed by atoms with Gasteiger partial charge in [0.2, 0.25) is 5.91 Å². The number of hydrogen-bond donors (Lipinski definition) is 0. The Morgan fingerprint density at radius 2 is 1.72 bits per heavy atom. The summed E-state index contributed by atoms with van der Waals surface area (Å²) in [5.41, 5.74) is 1.60. The van der Waals surface area contributed by atoms with Crippen molar-refractivity contribution in [3.63, 3.8) is 0 Å². The van der Waals surface area contributed by atoms with Crippen LogP contribution in [0.5, 0.6) is 5.75 Å². The minimum absolute atomic E-state index is 0.00213. The zero-order chi connectivity index (χ0) is 28.3. The van der Waals surface area contributed by atoms with Crippen LogP contribution >= 0.6 is 22.6 Å². The van der Waals surface area contributed by atoms with E-state index in [1.165, 1.54) is 36.3 Å². The van der Waals surface area contributed by atoms with Crippen molar-refractivity contribution in [2.45, 2.75) is 37.8 Å². The summed E-state index contributed by atoms with van der Waals surface area (Å²) in [5.74, 6) is -1.07. The molecule has 1 aliphatic rings. The predicted molar refractivity (Wildman–Crippen MR) is 152 cm³/mol. The average molecular weight is 667 g/mol. The Balaban J connectivity index is 1.61. The molecule has 3 aromatic carbocycles. The number of aryl methyl sites for hydroxylation is 1. The van der Waals surface area contributed by atoms with Crippen molar-refractivity contribution in [1.82, 2.24) is 4.90 Å². The first-order valence-corrected chi connectivity index (χ1v) is 14.7. The van der Waals surface area contributed by atoms with Gasteiger partial charge in [0, 0.05) is 15.9 Å². The molecule has 1 heterocycles. The number of urea groups is 1. The summed E-state index contributed by atoms with van der Waals surface area (Å²) in [5, 5.41) is 0. The molecule has 4 rings (SSSR count). The molecule has 0 aliphatic carbocycles. The van der Waals surface area contributed by atoms with Crippen LogP contribution in [0.25, 0.3) is 0 Å². The van der Waals surface area contributed by atoms with Gasteiger partial charge in [0.05, 0.1) is 36.9 Å². The maximum atomic E-state index is 15.2. The zero-order valence-electron chi connectivity index (χ0n) is 21.6. The predicted octanol–water partition coefficient (Wildman–Crippen LogP) is 5.52. The average Bonchev–Trinajstić information content (AvgIpc) is 2.90. The molecular weight excluding hydrogens is 638 g/mol. The van der Waals surface area contributed by atoms with Crippen molar-refractivity contribution in [3.05, 3.63) is 87.2 Å². The maximum absolute atomic E-state index is 15.2. The molecule has 1 saturated heterocycles. The molecule has 0 N–H and O–H groups in total. The Kier molecular flexibility index (Phi) is 8.92. The Hall–Kier alpha value is -3.03. The zero-order valence-corrected chi connectivity index (χ0v) is 24.6. The first-order chi connectivity index (χ1) is 18.5. The lowest BCUT2D eigenvalue weighted by Gasteiger charge is -2.42. The first kappa shape index (κ1) is 29.0. The quantitative estimate of drug-likeness (QED) is 0.221. The van der Waals surface area contributed by atoms with Crippen LogP contribution in [0.15, 0.2) is 71.6 Å². The second kappa shape index (κ2) is 12.0. The van der Waals surface area contributed by atoms with Crippen molar-refractivity contribution in [1.29, 1.82) is 0 Å². The third-order valence-corrected chi connectivity index (χ3v) is 8.54. The molecule has 3 aromatic rings. The highest BCUT2D eigenvalue weighted by atomic mass is 127. The number of carbonyl (C=O) groups is 2. The van der Waals surface area contributed by atoms with Crippen LogP contribution in [-0.2, 0) is 25.6 Å².